The van der Waals surface area contributed by atoms with Gasteiger partial charge in [-0.05, 0) is 75.9 Å². The lowest BCUT2D eigenvalue weighted by Crippen LogP contribution is -2.43. The second-order valence-corrected chi connectivity index (χ2v) is 8.06. The highest BCUT2D eigenvalue weighted by Gasteiger charge is 2.25. The van der Waals surface area contributed by atoms with Crippen molar-refractivity contribution >= 4 is 5.91 Å². The maximum atomic E-state index is 12.7. The van der Waals surface area contributed by atoms with E-state index in [0.29, 0.717) is 6.61 Å². The molecule has 3 rings (SSSR count). The summed E-state index contributed by atoms with van der Waals surface area (Å²) in [5, 5.41) is 3.23. The van der Waals surface area contributed by atoms with E-state index in [-0.39, 0.29) is 17.9 Å². The van der Waals surface area contributed by atoms with Crippen LogP contribution in [0.1, 0.15) is 44.2 Å². The molecule has 2 aromatic rings. The third-order valence-corrected chi connectivity index (χ3v) is 5.67. The first-order valence-electron chi connectivity index (χ1n) is 10.9. The van der Waals surface area contributed by atoms with Crippen LogP contribution < -0.4 is 10.1 Å². The number of likely N-dealkylation sites (tertiary alicyclic amines) is 1. The predicted octanol–water partition coefficient (Wildman–Crippen LogP) is 4.43. The lowest BCUT2D eigenvalue weighted by Gasteiger charge is -2.32. The van der Waals surface area contributed by atoms with Crippen LogP contribution >= 0.6 is 0 Å². The van der Waals surface area contributed by atoms with Crippen LogP contribution in [-0.4, -0.2) is 36.5 Å². The summed E-state index contributed by atoms with van der Waals surface area (Å²) in [6.07, 6.45) is 3.84. The number of rotatable bonds is 9. The molecule has 29 heavy (non-hydrogen) atoms. The number of amides is 1. The predicted molar refractivity (Wildman–Crippen MR) is 118 cm³/mol. The van der Waals surface area contributed by atoms with E-state index in [0.717, 1.165) is 51.1 Å². The molecule has 0 spiro atoms. The molecule has 0 bridgehead atoms. The van der Waals surface area contributed by atoms with Crippen molar-refractivity contribution in [3.8, 4) is 5.75 Å². The van der Waals surface area contributed by atoms with Gasteiger partial charge in [-0.25, -0.2) is 0 Å². The van der Waals surface area contributed by atoms with Gasteiger partial charge in [0.2, 0.25) is 5.91 Å². The van der Waals surface area contributed by atoms with E-state index in [9.17, 15) is 4.79 Å². The minimum Gasteiger partial charge on any atom is -0.494 e. The molecule has 4 heteroatoms. The van der Waals surface area contributed by atoms with Crippen molar-refractivity contribution in [2.24, 2.45) is 5.92 Å². The first-order chi connectivity index (χ1) is 14.1. The topological polar surface area (TPSA) is 41.6 Å². The Morgan fingerprint density at radius 1 is 1.10 bits per heavy atom. The minimum atomic E-state index is 0.139. The summed E-state index contributed by atoms with van der Waals surface area (Å²) in [6.45, 7) is 7.66. The standard InChI is InChI=1S/C25H34N2O2/c1-3-29-24-11-7-10-22(18-24)19-27-16-14-23(15-17-27)25(28)26-20(2)12-13-21-8-5-4-6-9-21/h4-11,18,20,23H,3,12-17,19H2,1-2H3,(H,26,28). The van der Waals surface area contributed by atoms with Gasteiger partial charge in [0.25, 0.3) is 0 Å². The first kappa shape index (κ1) is 21.4. The Kier molecular flexibility index (Phi) is 8.12. The molecule has 0 aromatic heterocycles. The van der Waals surface area contributed by atoms with E-state index in [1.165, 1.54) is 11.1 Å². The van der Waals surface area contributed by atoms with Gasteiger partial charge in [0.1, 0.15) is 5.75 Å². The second kappa shape index (κ2) is 11.0. The zero-order chi connectivity index (χ0) is 20.5. The number of piperidine rings is 1. The van der Waals surface area contributed by atoms with Gasteiger partial charge < -0.3 is 10.1 Å². The number of ether oxygens (including phenoxy) is 1. The van der Waals surface area contributed by atoms with Gasteiger partial charge >= 0.3 is 0 Å². The summed E-state index contributed by atoms with van der Waals surface area (Å²) in [5.41, 5.74) is 2.60. The molecule has 1 unspecified atom stereocenters. The fourth-order valence-electron chi connectivity index (χ4n) is 3.97. The Hall–Kier alpha value is -2.33. The number of nitrogens with zero attached hydrogens (tertiary/aromatic N) is 1. The molecule has 0 radical (unpaired) electrons. The molecule has 4 nitrogen and oxygen atoms in total. The molecule has 1 N–H and O–H groups in total. The smallest absolute Gasteiger partial charge is 0.223 e. The summed E-state index contributed by atoms with van der Waals surface area (Å²) < 4.78 is 5.60. The molecule has 1 aliphatic heterocycles. The molecule has 0 saturated carbocycles. The molecule has 2 aromatic carbocycles. The Morgan fingerprint density at radius 3 is 2.55 bits per heavy atom. The maximum Gasteiger partial charge on any atom is 0.223 e. The summed E-state index contributed by atoms with van der Waals surface area (Å²) in [5.74, 6) is 1.30. The highest BCUT2D eigenvalue weighted by atomic mass is 16.5. The van der Waals surface area contributed by atoms with Crippen molar-refractivity contribution in [2.45, 2.75) is 52.1 Å². The number of hydrogen-bond donors (Lipinski definition) is 1. The number of carbonyl (C=O) groups is 1. The molecule has 1 atom stereocenters. The summed E-state index contributed by atoms with van der Waals surface area (Å²) in [6, 6.07) is 19.0. The van der Waals surface area contributed by atoms with Crippen LogP contribution in [0.2, 0.25) is 0 Å². The second-order valence-electron chi connectivity index (χ2n) is 8.06. The van der Waals surface area contributed by atoms with E-state index in [1.807, 2.05) is 19.1 Å². The van der Waals surface area contributed by atoms with Crippen molar-refractivity contribution in [3.63, 3.8) is 0 Å². The average molecular weight is 395 g/mol. The zero-order valence-electron chi connectivity index (χ0n) is 17.8. The monoisotopic (exact) mass is 394 g/mol. The fourth-order valence-corrected chi connectivity index (χ4v) is 3.97. The minimum absolute atomic E-state index is 0.139. The largest absolute Gasteiger partial charge is 0.494 e. The first-order valence-corrected chi connectivity index (χ1v) is 10.9. The number of hydrogen-bond acceptors (Lipinski definition) is 3. The lowest BCUT2D eigenvalue weighted by atomic mass is 9.95. The molecule has 1 aliphatic rings. The van der Waals surface area contributed by atoms with Crippen molar-refractivity contribution < 1.29 is 9.53 Å². The summed E-state index contributed by atoms with van der Waals surface area (Å²) in [4.78, 5) is 15.1. The van der Waals surface area contributed by atoms with E-state index < -0.39 is 0 Å². The maximum absolute atomic E-state index is 12.7. The van der Waals surface area contributed by atoms with Crippen LogP contribution in [0, 0.1) is 5.92 Å². The van der Waals surface area contributed by atoms with E-state index in [4.69, 9.17) is 4.74 Å². The number of aryl methyl sites for hydroxylation is 1. The molecule has 1 amide bonds. The SMILES string of the molecule is CCOc1cccc(CN2CCC(C(=O)NC(C)CCc3ccccc3)CC2)c1. The third kappa shape index (κ3) is 6.90. The van der Waals surface area contributed by atoms with Gasteiger partial charge in [-0.2, -0.15) is 0 Å². The fraction of sp³-hybridized carbons (Fsp3) is 0.480. The Balaban J connectivity index is 1.39. The Labute approximate surface area is 175 Å². The number of carbonyl (C=O) groups excluding carboxylic acids is 1. The van der Waals surface area contributed by atoms with Crippen LogP contribution in [0.15, 0.2) is 54.6 Å². The quantitative estimate of drug-likeness (QED) is 0.684. The van der Waals surface area contributed by atoms with Crippen molar-refractivity contribution in [1.82, 2.24) is 10.2 Å². The summed E-state index contributed by atoms with van der Waals surface area (Å²) in [7, 11) is 0. The molecular formula is C25H34N2O2. The Bertz CT molecular complexity index is 754. The van der Waals surface area contributed by atoms with Crippen LogP contribution in [0.25, 0.3) is 0 Å². The van der Waals surface area contributed by atoms with Crippen molar-refractivity contribution in [1.29, 1.82) is 0 Å². The molecule has 1 fully saturated rings. The number of benzene rings is 2. The van der Waals surface area contributed by atoms with Gasteiger partial charge in [-0.15, -0.1) is 0 Å². The van der Waals surface area contributed by atoms with Crippen LogP contribution in [0.3, 0.4) is 0 Å². The van der Waals surface area contributed by atoms with E-state index in [1.54, 1.807) is 0 Å². The highest BCUT2D eigenvalue weighted by molar-refractivity contribution is 5.79. The molecule has 0 aliphatic carbocycles. The van der Waals surface area contributed by atoms with Gasteiger partial charge in [0, 0.05) is 18.5 Å². The van der Waals surface area contributed by atoms with Gasteiger partial charge in [-0.3, -0.25) is 9.69 Å². The molecule has 156 valence electrons. The van der Waals surface area contributed by atoms with E-state index >= 15 is 0 Å². The molecular weight excluding hydrogens is 360 g/mol. The lowest BCUT2D eigenvalue weighted by molar-refractivity contribution is -0.127. The van der Waals surface area contributed by atoms with Crippen molar-refractivity contribution in [2.75, 3.05) is 19.7 Å². The normalized spacial score (nSPS) is 16.3. The van der Waals surface area contributed by atoms with Crippen LogP contribution in [0.5, 0.6) is 5.75 Å². The van der Waals surface area contributed by atoms with Gasteiger partial charge in [-0.1, -0.05) is 42.5 Å². The number of nitrogens with one attached hydrogen (secondary N) is 1. The highest BCUT2D eigenvalue weighted by Crippen LogP contribution is 2.21. The van der Waals surface area contributed by atoms with Gasteiger partial charge in [0.05, 0.1) is 6.61 Å². The van der Waals surface area contributed by atoms with E-state index in [2.05, 4.69) is 59.6 Å². The molecule has 1 saturated heterocycles. The Morgan fingerprint density at radius 2 is 1.83 bits per heavy atom. The molecule has 1 heterocycles. The van der Waals surface area contributed by atoms with Gasteiger partial charge in [0.15, 0.2) is 0 Å². The van der Waals surface area contributed by atoms with Crippen molar-refractivity contribution in [3.05, 3.63) is 65.7 Å². The average Bonchev–Trinajstić information content (AvgIpc) is 2.74. The van der Waals surface area contributed by atoms with Crippen LogP contribution in [-0.2, 0) is 17.8 Å². The summed E-state index contributed by atoms with van der Waals surface area (Å²) >= 11 is 0. The zero-order valence-corrected chi connectivity index (χ0v) is 17.8. The van der Waals surface area contributed by atoms with Crippen LogP contribution in [0.4, 0.5) is 0 Å². The third-order valence-electron chi connectivity index (χ3n) is 5.67.